The Labute approximate surface area is 123 Å². The van der Waals surface area contributed by atoms with Gasteiger partial charge in [0, 0.05) is 0 Å². The van der Waals surface area contributed by atoms with Crippen LogP contribution in [0.25, 0.3) is 0 Å². The summed E-state index contributed by atoms with van der Waals surface area (Å²) in [6.07, 6.45) is -0.660. The zero-order valence-corrected chi connectivity index (χ0v) is 11.7. The van der Waals surface area contributed by atoms with E-state index in [9.17, 15) is 4.79 Å². The second-order valence-electron chi connectivity index (χ2n) is 4.84. The van der Waals surface area contributed by atoms with E-state index >= 15 is 0 Å². The van der Waals surface area contributed by atoms with Crippen molar-refractivity contribution >= 4 is 5.97 Å². The SMILES string of the molecule is COC(=O)C1OC1c1ccc(OCc2ccccc2)cc1. The number of rotatable bonds is 5. The molecule has 2 aromatic carbocycles. The molecule has 0 aromatic heterocycles. The maximum Gasteiger partial charge on any atom is 0.338 e. The average Bonchev–Trinajstić information content (AvgIpc) is 3.34. The van der Waals surface area contributed by atoms with Crippen molar-refractivity contribution in [2.45, 2.75) is 18.8 Å². The van der Waals surface area contributed by atoms with E-state index in [0.717, 1.165) is 16.9 Å². The summed E-state index contributed by atoms with van der Waals surface area (Å²) in [6, 6.07) is 17.6. The van der Waals surface area contributed by atoms with E-state index in [-0.39, 0.29) is 12.1 Å². The largest absolute Gasteiger partial charge is 0.489 e. The van der Waals surface area contributed by atoms with E-state index in [1.807, 2.05) is 54.6 Å². The lowest BCUT2D eigenvalue weighted by molar-refractivity contribution is -0.142. The Balaban J connectivity index is 1.57. The van der Waals surface area contributed by atoms with Gasteiger partial charge in [-0.3, -0.25) is 0 Å². The summed E-state index contributed by atoms with van der Waals surface area (Å²) >= 11 is 0. The number of epoxide rings is 1. The molecule has 1 fully saturated rings. The lowest BCUT2D eigenvalue weighted by atomic mass is 10.1. The van der Waals surface area contributed by atoms with Crippen molar-refractivity contribution in [3.05, 3.63) is 65.7 Å². The second-order valence-corrected chi connectivity index (χ2v) is 4.84. The van der Waals surface area contributed by atoms with Crippen LogP contribution >= 0.6 is 0 Å². The molecule has 0 bridgehead atoms. The molecule has 0 radical (unpaired) electrons. The van der Waals surface area contributed by atoms with Gasteiger partial charge in [0.25, 0.3) is 0 Å². The Morgan fingerprint density at radius 2 is 1.81 bits per heavy atom. The molecule has 3 rings (SSSR count). The third kappa shape index (κ3) is 3.23. The van der Waals surface area contributed by atoms with Gasteiger partial charge < -0.3 is 14.2 Å². The molecule has 0 aliphatic carbocycles. The number of hydrogen-bond donors (Lipinski definition) is 0. The standard InChI is InChI=1S/C17H16O4/c1-19-17(18)16-15(21-16)13-7-9-14(10-8-13)20-11-12-5-3-2-4-6-12/h2-10,15-16H,11H2,1H3. The molecular formula is C17H16O4. The number of methoxy groups -OCH3 is 1. The quantitative estimate of drug-likeness (QED) is 0.625. The summed E-state index contributed by atoms with van der Waals surface area (Å²) in [4.78, 5) is 11.3. The van der Waals surface area contributed by atoms with Crippen LogP contribution in [0.2, 0.25) is 0 Å². The number of carbonyl (C=O) groups is 1. The Bertz CT molecular complexity index is 606. The average molecular weight is 284 g/mol. The third-order valence-corrected chi connectivity index (χ3v) is 3.38. The van der Waals surface area contributed by atoms with Gasteiger partial charge in [0.15, 0.2) is 6.10 Å². The van der Waals surface area contributed by atoms with Crippen molar-refractivity contribution < 1.29 is 19.0 Å². The molecule has 1 aliphatic heterocycles. The summed E-state index contributed by atoms with van der Waals surface area (Å²) in [5, 5.41) is 0. The Hall–Kier alpha value is -2.33. The normalized spacial score (nSPS) is 19.9. The first-order chi connectivity index (χ1) is 10.3. The summed E-state index contributed by atoms with van der Waals surface area (Å²) < 4.78 is 15.7. The first-order valence-electron chi connectivity index (χ1n) is 6.78. The van der Waals surface area contributed by atoms with Crippen molar-refractivity contribution in [3.8, 4) is 5.75 Å². The third-order valence-electron chi connectivity index (χ3n) is 3.38. The highest BCUT2D eigenvalue weighted by Gasteiger charge is 2.47. The monoisotopic (exact) mass is 284 g/mol. The van der Waals surface area contributed by atoms with E-state index in [1.54, 1.807) is 0 Å². The highest BCUT2D eigenvalue weighted by atomic mass is 16.6. The topological polar surface area (TPSA) is 48.1 Å². The minimum atomic E-state index is -0.467. The minimum Gasteiger partial charge on any atom is -0.489 e. The van der Waals surface area contributed by atoms with Crippen LogP contribution in [-0.4, -0.2) is 19.2 Å². The summed E-state index contributed by atoms with van der Waals surface area (Å²) in [6.45, 7) is 0.533. The maximum absolute atomic E-state index is 11.3. The summed E-state index contributed by atoms with van der Waals surface area (Å²) in [7, 11) is 1.36. The van der Waals surface area contributed by atoms with Crippen LogP contribution in [0, 0.1) is 0 Å². The van der Waals surface area contributed by atoms with Crippen LogP contribution in [0.15, 0.2) is 54.6 Å². The minimum absolute atomic E-state index is 0.194. The first kappa shape index (κ1) is 13.6. The van der Waals surface area contributed by atoms with Gasteiger partial charge in [0.05, 0.1) is 7.11 Å². The van der Waals surface area contributed by atoms with Crippen molar-refractivity contribution in [3.63, 3.8) is 0 Å². The molecule has 4 nitrogen and oxygen atoms in total. The molecular weight excluding hydrogens is 268 g/mol. The van der Waals surface area contributed by atoms with Gasteiger partial charge in [-0.1, -0.05) is 42.5 Å². The molecule has 0 saturated carbocycles. The number of ether oxygens (including phenoxy) is 3. The number of hydrogen-bond acceptors (Lipinski definition) is 4. The zero-order chi connectivity index (χ0) is 14.7. The lowest BCUT2D eigenvalue weighted by Crippen LogP contribution is -2.09. The molecule has 1 heterocycles. The maximum atomic E-state index is 11.3. The molecule has 4 heteroatoms. The van der Waals surface area contributed by atoms with Gasteiger partial charge >= 0.3 is 5.97 Å². The van der Waals surface area contributed by atoms with E-state index in [4.69, 9.17) is 9.47 Å². The van der Waals surface area contributed by atoms with Crippen LogP contribution in [0.1, 0.15) is 17.2 Å². The molecule has 0 N–H and O–H groups in total. The van der Waals surface area contributed by atoms with Crippen LogP contribution in [-0.2, 0) is 20.9 Å². The zero-order valence-electron chi connectivity index (χ0n) is 11.7. The van der Waals surface area contributed by atoms with Crippen molar-refractivity contribution in [2.24, 2.45) is 0 Å². The van der Waals surface area contributed by atoms with Crippen LogP contribution in [0.4, 0.5) is 0 Å². The Morgan fingerprint density at radius 3 is 2.48 bits per heavy atom. The predicted molar refractivity (Wildman–Crippen MR) is 76.8 cm³/mol. The smallest absolute Gasteiger partial charge is 0.338 e. The fourth-order valence-corrected chi connectivity index (χ4v) is 2.16. The fraction of sp³-hybridized carbons (Fsp3) is 0.235. The van der Waals surface area contributed by atoms with Gasteiger partial charge in [0.2, 0.25) is 0 Å². The number of carbonyl (C=O) groups excluding carboxylic acids is 1. The van der Waals surface area contributed by atoms with Gasteiger partial charge in [-0.15, -0.1) is 0 Å². The molecule has 1 aliphatic rings. The highest BCUT2D eigenvalue weighted by molar-refractivity contribution is 5.78. The van der Waals surface area contributed by atoms with Crippen LogP contribution in [0.5, 0.6) is 5.75 Å². The highest BCUT2D eigenvalue weighted by Crippen LogP contribution is 2.39. The number of benzene rings is 2. The van der Waals surface area contributed by atoms with Crippen LogP contribution < -0.4 is 4.74 Å². The molecule has 21 heavy (non-hydrogen) atoms. The first-order valence-corrected chi connectivity index (χ1v) is 6.78. The fourth-order valence-electron chi connectivity index (χ4n) is 2.16. The summed E-state index contributed by atoms with van der Waals surface area (Å²) in [5.74, 6) is 0.460. The molecule has 1 saturated heterocycles. The summed E-state index contributed by atoms with van der Waals surface area (Å²) in [5.41, 5.74) is 2.08. The van der Waals surface area contributed by atoms with Gasteiger partial charge in [-0.05, 0) is 23.3 Å². The van der Waals surface area contributed by atoms with E-state index in [0.29, 0.717) is 6.61 Å². The van der Waals surface area contributed by atoms with Gasteiger partial charge in [0.1, 0.15) is 18.5 Å². The van der Waals surface area contributed by atoms with Crippen LogP contribution in [0.3, 0.4) is 0 Å². The van der Waals surface area contributed by atoms with E-state index in [1.165, 1.54) is 7.11 Å². The molecule has 0 spiro atoms. The number of esters is 1. The van der Waals surface area contributed by atoms with E-state index < -0.39 is 6.10 Å². The molecule has 2 unspecified atom stereocenters. The van der Waals surface area contributed by atoms with Crippen molar-refractivity contribution in [1.29, 1.82) is 0 Å². The van der Waals surface area contributed by atoms with Gasteiger partial charge in [-0.2, -0.15) is 0 Å². The second kappa shape index (κ2) is 5.97. The molecule has 2 atom stereocenters. The Kier molecular flexibility index (Phi) is 3.88. The Morgan fingerprint density at radius 1 is 1.10 bits per heavy atom. The van der Waals surface area contributed by atoms with E-state index in [2.05, 4.69) is 4.74 Å². The molecule has 0 amide bonds. The van der Waals surface area contributed by atoms with Crippen molar-refractivity contribution in [1.82, 2.24) is 0 Å². The predicted octanol–water partition coefficient (Wildman–Crippen LogP) is 2.88. The molecule has 108 valence electrons. The van der Waals surface area contributed by atoms with Gasteiger partial charge in [-0.25, -0.2) is 4.79 Å². The van der Waals surface area contributed by atoms with Crippen molar-refractivity contribution in [2.75, 3.05) is 7.11 Å². The molecule has 2 aromatic rings. The lowest BCUT2D eigenvalue weighted by Gasteiger charge is -2.06.